The fourth-order valence-corrected chi connectivity index (χ4v) is 2.76. The molecule has 5 nitrogen and oxygen atoms in total. The summed E-state index contributed by atoms with van der Waals surface area (Å²) in [7, 11) is -1.75. The van der Waals surface area contributed by atoms with Crippen LogP contribution in [0.1, 0.15) is 13.3 Å². The van der Waals surface area contributed by atoms with Crippen molar-refractivity contribution in [2.24, 2.45) is 11.8 Å². The Bertz CT molecular complexity index is 426. The van der Waals surface area contributed by atoms with E-state index in [-0.39, 0.29) is 5.03 Å². The highest BCUT2D eigenvalue weighted by Gasteiger charge is 2.36. The first-order valence-electron chi connectivity index (χ1n) is 4.97. The number of hydrogen-bond acceptors (Lipinski definition) is 3. The van der Waals surface area contributed by atoms with Gasteiger partial charge in [0.2, 0.25) is 0 Å². The number of nitrogens with one attached hydrogen (secondary N) is 1. The molecule has 0 aliphatic heterocycles. The van der Waals surface area contributed by atoms with Gasteiger partial charge in [-0.2, -0.15) is 9.40 Å². The van der Waals surface area contributed by atoms with E-state index in [4.69, 9.17) is 0 Å². The zero-order valence-electron chi connectivity index (χ0n) is 8.84. The van der Waals surface area contributed by atoms with Crippen LogP contribution in [0.25, 0.3) is 0 Å². The number of nitrogens with zero attached hydrogens (tertiary/aromatic N) is 2. The van der Waals surface area contributed by atoms with Gasteiger partial charge in [0.1, 0.15) is 0 Å². The topological polar surface area (TPSA) is 66.1 Å². The number of aromatic amines is 1. The summed E-state index contributed by atoms with van der Waals surface area (Å²) in [5, 5.41) is 6.30. The van der Waals surface area contributed by atoms with E-state index >= 15 is 0 Å². The Morgan fingerprint density at radius 3 is 2.80 bits per heavy atom. The fraction of sp³-hybridized carbons (Fsp3) is 0.667. The largest absolute Gasteiger partial charge is 0.266 e. The Morgan fingerprint density at radius 1 is 1.67 bits per heavy atom. The number of aromatic nitrogens is 2. The molecule has 2 unspecified atom stereocenters. The van der Waals surface area contributed by atoms with Crippen molar-refractivity contribution < 1.29 is 8.42 Å². The summed E-state index contributed by atoms with van der Waals surface area (Å²) in [6.45, 7) is 2.74. The van der Waals surface area contributed by atoms with Gasteiger partial charge >= 0.3 is 0 Å². The molecule has 15 heavy (non-hydrogen) atoms. The maximum atomic E-state index is 11.9. The van der Waals surface area contributed by atoms with Crippen LogP contribution in [-0.2, 0) is 10.0 Å². The molecule has 2 atom stereocenters. The average Bonchev–Trinajstić information content (AvgIpc) is 2.73. The molecule has 2 rings (SSSR count). The van der Waals surface area contributed by atoms with E-state index < -0.39 is 10.0 Å². The molecule has 0 radical (unpaired) electrons. The molecule has 6 heteroatoms. The standard InChI is InChI=1S/C9H15N3O2S/c1-7-5-8(7)6-12(2)15(13,14)9-3-4-10-11-9/h3-4,7-8H,5-6H2,1-2H3,(H,10,11). The lowest BCUT2D eigenvalue weighted by Gasteiger charge is -2.15. The van der Waals surface area contributed by atoms with Gasteiger partial charge in [-0.1, -0.05) is 6.92 Å². The third-order valence-electron chi connectivity index (χ3n) is 2.93. The molecule has 0 amide bonds. The molecule has 1 aliphatic carbocycles. The van der Waals surface area contributed by atoms with Crippen molar-refractivity contribution in [2.45, 2.75) is 18.4 Å². The van der Waals surface area contributed by atoms with Crippen LogP contribution < -0.4 is 0 Å². The van der Waals surface area contributed by atoms with Crippen LogP contribution >= 0.6 is 0 Å². The second kappa shape index (κ2) is 3.61. The van der Waals surface area contributed by atoms with Crippen LogP contribution in [0.4, 0.5) is 0 Å². The maximum absolute atomic E-state index is 11.9. The fourth-order valence-electron chi connectivity index (χ4n) is 1.64. The van der Waals surface area contributed by atoms with E-state index in [1.54, 1.807) is 7.05 Å². The predicted molar refractivity (Wildman–Crippen MR) is 55.7 cm³/mol. The smallest absolute Gasteiger partial charge is 0.259 e. The van der Waals surface area contributed by atoms with Gasteiger partial charge in [-0.05, 0) is 24.3 Å². The van der Waals surface area contributed by atoms with Crippen LogP contribution in [0.5, 0.6) is 0 Å². The molecular weight excluding hydrogens is 214 g/mol. The highest BCUT2D eigenvalue weighted by molar-refractivity contribution is 7.89. The van der Waals surface area contributed by atoms with Crippen LogP contribution in [0, 0.1) is 11.8 Å². The second-order valence-corrected chi connectivity index (χ2v) is 6.19. The lowest BCUT2D eigenvalue weighted by molar-refractivity contribution is 0.442. The lowest BCUT2D eigenvalue weighted by atomic mass is 10.3. The van der Waals surface area contributed by atoms with Gasteiger partial charge in [0.25, 0.3) is 10.0 Å². The molecule has 1 aromatic heterocycles. The van der Waals surface area contributed by atoms with Gasteiger partial charge in [0, 0.05) is 13.6 Å². The summed E-state index contributed by atoms with van der Waals surface area (Å²) in [6, 6.07) is 1.47. The van der Waals surface area contributed by atoms with Crippen molar-refractivity contribution in [3.63, 3.8) is 0 Å². The molecule has 1 heterocycles. The maximum Gasteiger partial charge on any atom is 0.259 e. The molecule has 0 aromatic carbocycles. The Hall–Kier alpha value is -0.880. The predicted octanol–water partition coefficient (Wildman–Crippen LogP) is 0.686. The molecule has 0 bridgehead atoms. The third kappa shape index (κ3) is 2.05. The first kappa shape index (κ1) is 10.6. The van der Waals surface area contributed by atoms with Gasteiger partial charge in [0.05, 0.1) is 6.20 Å². The highest BCUT2D eigenvalue weighted by atomic mass is 32.2. The molecule has 1 fully saturated rings. The van der Waals surface area contributed by atoms with Gasteiger partial charge < -0.3 is 0 Å². The second-order valence-electron chi connectivity index (χ2n) is 4.18. The van der Waals surface area contributed by atoms with Gasteiger partial charge in [0.15, 0.2) is 5.03 Å². The first-order chi connectivity index (χ1) is 7.01. The van der Waals surface area contributed by atoms with Crippen molar-refractivity contribution in [3.8, 4) is 0 Å². The third-order valence-corrected chi connectivity index (χ3v) is 4.68. The van der Waals surface area contributed by atoms with E-state index in [1.165, 1.54) is 16.6 Å². The minimum Gasteiger partial charge on any atom is -0.266 e. The number of sulfonamides is 1. The molecule has 84 valence electrons. The monoisotopic (exact) mass is 229 g/mol. The first-order valence-corrected chi connectivity index (χ1v) is 6.41. The van der Waals surface area contributed by atoms with Crippen molar-refractivity contribution in [3.05, 3.63) is 12.3 Å². The Labute approximate surface area is 89.5 Å². The van der Waals surface area contributed by atoms with Gasteiger partial charge in [-0.25, -0.2) is 8.42 Å². The normalized spacial score (nSPS) is 25.8. The van der Waals surface area contributed by atoms with Gasteiger partial charge in [-0.15, -0.1) is 0 Å². The van der Waals surface area contributed by atoms with Crippen molar-refractivity contribution in [1.82, 2.24) is 14.5 Å². The van der Waals surface area contributed by atoms with E-state index in [1.807, 2.05) is 0 Å². The summed E-state index contributed by atoms with van der Waals surface area (Å²) in [5.41, 5.74) is 0. The summed E-state index contributed by atoms with van der Waals surface area (Å²) in [5.74, 6) is 1.18. The minimum absolute atomic E-state index is 0.165. The van der Waals surface area contributed by atoms with E-state index in [2.05, 4.69) is 17.1 Å². The van der Waals surface area contributed by atoms with Crippen molar-refractivity contribution >= 4 is 10.0 Å². The molecule has 1 aromatic rings. The van der Waals surface area contributed by atoms with Crippen LogP contribution in [-0.4, -0.2) is 36.5 Å². The van der Waals surface area contributed by atoms with Gasteiger partial charge in [-0.3, -0.25) is 5.10 Å². The van der Waals surface area contributed by atoms with Crippen molar-refractivity contribution in [2.75, 3.05) is 13.6 Å². The molecule has 1 N–H and O–H groups in total. The van der Waals surface area contributed by atoms with E-state index in [0.717, 1.165) is 6.42 Å². The Morgan fingerprint density at radius 2 is 2.33 bits per heavy atom. The number of rotatable bonds is 4. The lowest BCUT2D eigenvalue weighted by Crippen LogP contribution is -2.29. The minimum atomic E-state index is -3.36. The average molecular weight is 229 g/mol. The molecule has 1 aliphatic rings. The zero-order valence-corrected chi connectivity index (χ0v) is 9.66. The molecular formula is C9H15N3O2S. The van der Waals surface area contributed by atoms with E-state index in [0.29, 0.717) is 18.4 Å². The van der Waals surface area contributed by atoms with Crippen LogP contribution in [0.3, 0.4) is 0 Å². The van der Waals surface area contributed by atoms with E-state index in [9.17, 15) is 8.42 Å². The highest BCUT2D eigenvalue weighted by Crippen LogP contribution is 2.38. The SMILES string of the molecule is CC1CC1CN(C)S(=O)(=O)c1ccn[nH]1. The van der Waals surface area contributed by atoms with Crippen LogP contribution in [0.15, 0.2) is 17.3 Å². The molecule has 0 spiro atoms. The van der Waals surface area contributed by atoms with Crippen LogP contribution in [0.2, 0.25) is 0 Å². The molecule has 0 saturated heterocycles. The van der Waals surface area contributed by atoms with Crippen molar-refractivity contribution in [1.29, 1.82) is 0 Å². The number of hydrogen-bond donors (Lipinski definition) is 1. The zero-order chi connectivity index (χ0) is 11.1. The summed E-state index contributed by atoms with van der Waals surface area (Å²) in [4.78, 5) is 0. The summed E-state index contributed by atoms with van der Waals surface area (Å²) in [6.07, 6.45) is 2.57. The summed E-state index contributed by atoms with van der Waals surface area (Å²) < 4.78 is 25.2. The Balaban J connectivity index is 2.09. The quantitative estimate of drug-likeness (QED) is 0.826. The number of H-pyrrole nitrogens is 1. The molecule has 1 saturated carbocycles. The summed E-state index contributed by atoms with van der Waals surface area (Å²) >= 11 is 0. The Kier molecular flexibility index (Phi) is 2.56.